The summed E-state index contributed by atoms with van der Waals surface area (Å²) >= 11 is 0. The Labute approximate surface area is 87.8 Å². The third kappa shape index (κ3) is 3.55. The summed E-state index contributed by atoms with van der Waals surface area (Å²) in [5.74, 6) is -1.06. The van der Waals surface area contributed by atoms with Crippen LogP contribution in [0.2, 0.25) is 0 Å². The van der Waals surface area contributed by atoms with Crippen molar-refractivity contribution >= 4 is 11.7 Å². The first-order chi connectivity index (χ1) is 7.13. The molecule has 0 amide bonds. The van der Waals surface area contributed by atoms with Gasteiger partial charge in [-0.2, -0.15) is 0 Å². The number of carboxylic acids is 1. The Hall–Kier alpha value is -1.62. The van der Waals surface area contributed by atoms with E-state index in [0.29, 0.717) is 18.7 Å². The summed E-state index contributed by atoms with van der Waals surface area (Å²) in [6.45, 7) is 2.28. The fourth-order valence-electron chi connectivity index (χ4n) is 1.04. The van der Waals surface area contributed by atoms with Crippen molar-refractivity contribution in [2.45, 2.75) is 19.4 Å². The number of nitrogens with zero attached hydrogens (tertiary/aromatic N) is 1. The summed E-state index contributed by atoms with van der Waals surface area (Å²) in [6, 6.07) is 3.10. The molecular weight excluding hydrogens is 196 g/mol. The molecule has 3 N–H and O–H groups in total. The standard InChI is InChI=1S/C10H14N2O3/c1-2-8(13)6-12-7-3-4-11-9(5-7)10(14)15/h3-5,8,13H,2,6H2,1H3,(H,11,12)(H,14,15). The fourth-order valence-corrected chi connectivity index (χ4v) is 1.04. The Balaban J connectivity index is 2.62. The van der Waals surface area contributed by atoms with E-state index < -0.39 is 12.1 Å². The third-order valence-electron chi connectivity index (χ3n) is 1.99. The van der Waals surface area contributed by atoms with Crippen LogP contribution in [0.15, 0.2) is 18.3 Å². The van der Waals surface area contributed by atoms with Crippen LogP contribution < -0.4 is 5.32 Å². The van der Waals surface area contributed by atoms with E-state index in [9.17, 15) is 9.90 Å². The molecule has 1 rings (SSSR count). The second kappa shape index (κ2) is 5.31. The van der Waals surface area contributed by atoms with Crippen LogP contribution in [0, 0.1) is 0 Å². The molecule has 0 saturated carbocycles. The fraction of sp³-hybridized carbons (Fsp3) is 0.400. The highest BCUT2D eigenvalue weighted by Crippen LogP contribution is 2.08. The Kier molecular flexibility index (Phi) is 4.05. The zero-order valence-corrected chi connectivity index (χ0v) is 8.47. The molecule has 0 aliphatic heterocycles. The second-order valence-corrected chi connectivity index (χ2v) is 3.18. The SMILES string of the molecule is CCC(O)CNc1ccnc(C(=O)O)c1. The molecule has 1 aromatic heterocycles. The van der Waals surface area contributed by atoms with Gasteiger partial charge in [-0.1, -0.05) is 6.92 Å². The minimum absolute atomic E-state index is 0.00834. The predicted molar refractivity (Wildman–Crippen MR) is 56.0 cm³/mol. The summed E-state index contributed by atoms with van der Waals surface area (Å²) in [5, 5.41) is 20.9. The lowest BCUT2D eigenvalue weighted by atomic mass is 10.2. The molecule has 15 heavy (non-hydrogen) atoms. The van der Waals surface area contributed by atoms with Gasteiger partial charge in [0.2, 0.25) is 0 Å². The van der Waals surface area contributed by atoms with Crippen LogP contribution in [0.4, 0.5) is 5.69 Å². The Morgan fingerprint density at radius 2 is 2.40 bits per heavy atom. The maximum atomic E-state index is 10.6. The first-order valence-electron chi connectivity index (χ1n) is 4.74. The number of rotatable bonds is 5. The van der Waals surface area contributed by atoms with Crippen molar-refractivity contribution in [3.63, 3.8) is 0 Å². The van der Waals surface area contributed by atoms with Gasteiger partial charge in [0.25, 0.3) is 0 Å². The molecular formula is C10H14N2O3. The van der Waals surface area contributed by atoms with Gasteiger partial charge in [0.1, 0.15) is 5.69 Å². The van der Waals surface area contributed by atoms with E-state index in [1.165, 1.54) is 12.3 Å². The van der Waals surface area contributed by atoms with Crippen LogP contribution in [0.3, 0.4) is 0 Å². The third-order valence-corrected chi connectivity index (χ3v) is 1.99. The van der Waals surface area contributed by atoms with Crippen molar-refractivity contribution in [3.05, 3.63) is 24.0 Å². The molecule has 0 aliphatic carbocycles. The summed E-state index contributed by atoms with van der Waals surface area (Å²) in [6.07, 6.45) is 1.65. The van der Waals surface area contributed by atoms with Crippen LogP contribution >= 0.6 is 0 Å². The average Bonchev–Trinajstić information content (AvgIpc) is 2.26. The van der Waals surface area contributed by atoms with Crippen LogP contribution in [-0.2, 0) is 0 Å². The molecule has 1 aromatic rings. The predicted octanol–water partition coefficient (Wildman–Crippen LogP) is 0.963. The Morgan fingerprint density at radius 1 is 1.67 bits per heavy atom. The van der Waals surface area contributed by atoms with Crippen LogP contribution in [-0.4, -0.2) is 33.8 Å². The number of aliphatic hydroxyl groups is 1. The lowest BCUT2D eigenvalue weighted by Gasteiger charge is -2.10. The zero-order chi connectivity index (χ0) is 11.3. The number of hydrogen-bond acceptors (Lipinski definition) is 4. The van der Waals surface area contributed by atoms with E-state index in [2.05, 4.69) is 10.3 Å². The number of pyridine rings is 1. The molecule has 0 saturated heterocycles. The van der Waals surface area contributed by atoms with E-state index in [4.69, 9.17) is 5.11 Å². The lowest BCUT2D eigenvalue weighted by Crippen LogP contribution is -2.18. The first kappa shape index (κ1) is 11.5. The molecule has 1 unspecified atom stereocenters. The first-order valence-corrected chi connectivity index (χ1v) is 4.74. The number of hydrogen-bond donors (Lipinski definition) is 3. The molecule has 0 aliphatic rings. The highest BCUT2D eigenvalue weighted by molar-refractivity contribution is 5.86. The quantitative estimate of drug-likeness (QED) is 0.674. The number of anilines is 1. The van der Waals surface area contributed by atoms with E-state index in [-0.39, 0.29) is 5.69 Å². The van der Waals surface area contributed by atoms with Gasteiger partial charge in [0, 0.05) is 18.4 Å². The molecule has 5 heteroatoms. The monoisotopic (exact) mass is 210 g/mol. The van der Waals surface area contributed by atoms with E-state index in [0.717, 1.165) is 0 Å². The summed E-state index contributed by atoms with van der Waals surface area (Å²) in [7, 11) is 0. The van der Waals surface area contributed by atoms with Gasteiger partial charge < -0.3 is 15.5 Å². The van der Waals surface area contributed by atoms with Gasteiger partial charge in [-0.25, -0.2) is 9.78 Å². The van der Waals surface area contributed by atoms with Crippen LogP contribution in [0.25, 0.3) is 0 Å². The zero-order valence-electron chi connectivity index (χ0n) is 8.47. The molecule has 0 spiro atoms. The molecule has 0 radical (unpaired) electrons. The molecule has 0 bridgehead atoms. The van der Waals surface area contributed by atoms with Crippen molar-refractivity contribution in [1.82, 2.24) is 4.98 Å². The summed E-state index contributed by atoms with van der Waals surface area (Å²) < 4.78 is 0. The van der Waals surface area contributed by atoms with Crippen LogP contribution in [0.5, 0.6) is 0 Å². The molecule has 1 heterocycles. The topological polar surface area (TPSA) is 82.5 Å². The number of aromatic nitrogens is 1. The van der Waals surface area contributed by atoms with Crippen molar-refractivity contribution in [1.29, 1.82) is 0 Å². The summed E-state index contributed by atoms with van der Waals surface area (Å²) in [5.41, 5.74) is 0.640. The minimum Gasteiger partial charge on any atom is -0.477 e. The minimum atomic E-state index is -1.06. The van der Waals surface area contributed by atoms with E-state index >= 15 is 0 Å². The number of carboxylic acid groups (broad SMARTS) is 1. The Morgan fingerprint density at radius 3 is 3.00 bits per heavy atom. The number of aromatic carboxylic acids is 1. The van der Waals surface area contributed by atoms with Gasteiger partial charge in [-0.05, 0) is 18.6 Å². The highest BCUT2D eigenvalue weighted by Gasteiger charge is 2.05. The van der Waals surface area contributed by atoms with Gasteiger partial charge >= 0.3 is 5.97 Å². The smallest absolute Gasteiger partial charge is 0.354 e. The van der Waals surface area contributed by atoms with E-state index in [1.807, 2.05) is 6.92 Å². The molecule has 5 nitrogen and oxygen atoms in total. The normalized spacial score (nSPS) is 12.1. The second-order valence-electron chi connectivity index (χ2n) is 3.18. The van der Waals surface area contributed by atoms with Gasteiger partial charge in [-0.3, -0.25) is 0 Å². The van der Waals surface area contributed by atoms with Gasteiger partial charge in [0.05, 0.1) is 6.10 Å². The van der Waals surface area contributed by atoms with Crippen molar-refractivity contribution in [2.24, 2.45) is 0 Å². The molecule has 82 valence electrons. The maximum Gasteiger partial charge on any atom is 0.354 e. The van der Waals surface area contributed by atoms with Gasteiger partial charge in [0.15, 0.2) is 0 Å². The number of nitrogens with one attached hydrogen (secondary N) is 1. The Bertz CT molecular complexity index is 341. The molecule has 1 atom stereocenters. The van der Waals surface area contributed by atoms with Crippen molar-refractivity contribution < 1.29 is 15.0 Å². The average molecular weight is 210 g/mol. The summed E-state index contributed by atoms with van der Waals surface area (Å²) in [4.78, 5) is 14.3. The molecule has 0 fully saturated rings. The number of aliphatic hydroxyl groups excluding tert-OH is 1. The largest absolute Gasteiger partial charge is 0.477 e. The van der Waals surface area contributed by atoms with Crippen molar-refractivity contribution in [2.75, 3.05) is 11.9 Å². The van der Waals surface area contributed by atoms with E-state index in [1.54, 1.807) is 6.07 Å². The van der Waals surface area contributed by atoms with Crippen LogP contribution in [0.1, 0.15) is 23.8 Å². The lowest BCUT2D eigenvalue weighted by molar-refractivity contribution is 0.0690. The van der Waals surface area contributed by atoms with Crippen molar-refractivity contribution in [3.8, 4) is 0 Å². The maximum absolute atomic E-state index is 10.6. The molecule has 0 aromatic carbocycles. The highest BCUT2D eigenvalue weighted by atomic mass is 16.4. The van der Waals surface area contributed by atoms with Gasteiger partial charge in [-0.15, -0.1) is 0 Å². The number of carbonyl (C=O) groups is 1.